The van der Waals surface area contributed by atoms with Gasteiger partial charge in [-0.1, -0.05) is 19.9 Å². The number of halogens is 2. The number of rotatable bonds is 2. The van der Waals surface area contributed by atoms with Crippen LogP contribution in [0.5, 0.6) is 0 Å². The molecule has 1 aliphatic carbocycles. The van der Waals surface area contributed by atoms with Gasteiger partial charge in [0.15, 0.2) is 0 Å². The quantitative estimate of drug-likeness (QED) is 0.618. The molecular weight excluding hydrogens is 386 g/mol. The summed E-state index contributed by atoms with van der Waals surface area (Å²) in [5.41, 5.74) is 4.92. The topological polar surface area (TPSA) is 10.9 Å². The number of piperazine rings is 1. The van der Waals surface area contributed by atoms with Crippen molar-refractivity contribution in [3.8, 4) is 0 Å². The molecule has 4 atom stereocenters. The van der Waals surface area contributed by atoms with Gasteiger partial charge in [0.2, 0.25) is 0 Å². The van der Waals surface area contributed by atoms with Gasteiger partial charge >= 0.3 is 0 Å². The molecule has 3 aliphatic heterocycles. The summed E-state index contributed by atoms with van der Waals surface area (Å²) in [6.45, 7) is 11.9. The van der Waals surface area contributed by atoms with Crippen molar-refractivity contribution in [2.75, 3.05) is 26.2 Å². The zero-order chi connectivity index (χ0) is 15.3. The van der Waals surface area contributed by atoms with E-state index >= 15 is 0 Å². The van der Waals surface area contributed by atoms with Crippen molar-refractivity contribution in [3.05, 3.63) is 35.2 Å². The molecule has 0 aromatic rings. The SMILES string of the molecule is CCN1CCN(CC)C2C1C(C)=C[NH+]1C3=C(CCC=C3)C[C@@H]21.Cl.[Br-]. The summed E-state index contributed by atoms with van der Waals surface area (Å²) in [6.07, 6.45) is 11.2. The van der Waals surface area contributed by atoms with Crippen molar-refractivity contribution < 1.29 is 21.9 Å². The second-order valence-corrected chi connectivity index (χ2v) is 7.31. The van der Waals surface area contributed by atoms with Crippen LogP contribution in [0.25, 0.3) is 0 Å². The minimum Gasteiger partial charge on any atom is -1.00 e. The Morgan fingerprint density at radius 1 is 1.17 bits per heavy atom. The van der Waals surface area contributed by atoms with Crippen LogP contribution >= 0.6 is 12.4 Å². The van der Waals surface area contributed by atoms with E-state index in [0.717, 1.165) is 6.04 Å². The van der Waals surface area contributed by atoms with Gasteiger partial charge in [0.05, 0.1) is 12.1 Å². The van der Waals surface area contributed by atoms with Crippen LogP contribution in [-0.2, 0) is 0 Å². The molecule has 0 amide bonds. The first-order valence-electron chi connectivity index (χ1n) is 9.16. The summed E-state index contributed by atoms with van der Waals surface area (Å²) in [5, 5.41) is 0. The molecule has 4 aliphatic rings. The highest BCUT2D eigenvalue weighted by Crippen LogP contribution is 2.34. The highest BCUT2D eigenvalue weighted by Gasteiger charge is 2.52. The number of nitrogens with one attached hydrogen (secondary N) is 1. The second-order valence-electron chi connectivity index (χ2n) is 7.31. The fourth-order valence-electron chi connectivity index (χ4n) is 5.34. The summed E-state index contributed by atoms with van der Waals surface area (Å²) >= 11 is 0. The van der Waals surface area contributed by atoms with Crippen LogP contribution in [0.15, 0.2) is 35.2 Å². The van der Waals surface area contributed by atoms with Gasteiger partial charge in [0.25, 0.3) is 0 Å². The van der Waals surface area contributed by atoms with Crippen LogP contribution < -0.4 is 21.9 Å². The van der Waals surface area contributed by atoms with Gasteiger partial charge in [0, 0.05) is 19.5 Å². The van der Waals surface area contributed by atoms with Crippen molar-refractivity contribution in [1.82, 2.24) is 9.80 Å². The Hall–Kier alpha value is -0.130. The van der Waals surface area contributed by atoms with Crippen LogP contribution in [0.3, 0.4) is 0 Å². The first-order chi connectivity index (χ1) is 10.7. The van der Waals surface area contributed by atoms with E-state index in [2.05, 4.69) is 48.9 Å². The zero-order valence-corrected chi connectivity index (χ0v) is 17.5. The third-order valence-corrected chi connectivity index (χ3v) is 6.34. The Labute approximate surface area is 163 Å². The van der Waals surface area contributed by atoms with Crippen molar-refractivity contribution in [3.63, 3.8) is 0 Å². The van der Waals surface area contributed by atoms with Crippen LogP contribution in [0.1, 0.15) is 40.0 Å². The summed E-state index contributed by atoms with van der Waals surface area (Å²) in [5.74, 6) is 0. The predicted molar refractivity (Wildman–Crippen MR) is 97.8 cm³/mol. The molecular formula is C19H31BrClN3. The van der Waals surface area contributed by atoms with Crippen LogP contribution in [0.2, 0.25) is 0 Å². The molecule has 3 nitrogen and oxygen atoms in total. The van der Waals surface area contributed by atoms with Crippen molar-refractivity contribution in [1.29, 1.82) is 0 Å². The zero-order valence-electron chi connectivity index (χ0n) is 15.1. The first-order valence-corrected chi connectivity index (χ1v) is 9.16. The second kappa shape index (κ2) is 8.05. The minimum absolute atomic E-state index is 0. The maximum absolute atomic E-state index is 2.76. The number of nitrogens with zero attached hydrogens (tertiary/aromatic N) is 2. The van der Waals surface area contributed by atoms with Gasteiger partial charge in [-0.3, -0.25) is 14.7 Å². The third kappa shape index (κ3) is 3.05. The third-order valence-electron chi connectivity index (χ3n) is 6.34. The van der Waals surface area contributed by atoms with E-state index in [4.69, 9.17) is 0 Å². The molecule has 0 aromatic carbocycles. The van der Waals surface area contributed by atoms with Crippen LogP contribution in [0, 0.1) is 0 Å². The molecule has 0 radical (unpaired) electrons. The molecule has 24 heavy (non-hydrogen) atoms. The number of allylic oxidation sites excluding steroid dienone is 2. The average Bonchev–Trinajstić information content (AvgIpc) is 2.92. The maximum atomic E-state index is 2.76. The van der Waals surface area contributed by atoms with E-state index in [-0.39, 0.29) is 29.4 Å². The largest absolute Gasteiger partial charge is 1.00 e. The monoisotopic (exact) mass is 415 g/mol. The Bertz CT molecular complexity index is 557. The number of likely N-dealkylation sites (N-methyl/N-ethyl adjacent to an activating group) is 2. The smallest absolute Gasteiger partial charge is 0.135 e. The van der Waals surface area contributed by atoms with E-state index in [9.17, 15) is 0 Å². The first kappa shape index (κ1) is 20.2. The van der Waals surface area contributed by atoms with Gasteiger partial charge in [-0.25, -0.2) is 0 Å². The molecule has 1 saturated heterocycles. The molecule has 0 aromatic heterocycles. The predicted octanol–water partition coefficient (Wildman–Crippen LogP) is -1.01. The Morgan fingerprint density at radius 2 is 1.88 bits per heavy atom. The number of fused-ring (bicyclic) bond motifs is 4. The molecule has 1 fully saturated rings. The van der Waals surface area contributed by atoms with Crippen molar-refractivity contribution in [2.24, 2.45) is 0 Å². The van der Waals surface area contributed by atoms with Gasteiger partial charge in [-0.05, 0) is 50.1 Å². The summed E-state index contributed by atoms with van der Waals surface area (Å²) < 4.78 is 0. The van der Waals surface area contributed by atoms with Crippen LogP contribution in [0.4, 0.5) is 0 Å². The van der Waals surface area contributed by atoms with E-state index in [1.165, 1.54) is 45.4 Å². The molecule has 3 unspecified atom stereocenters. The molecule has 0 bridgehead atoms. The van der Waals surface area contributed by atoms with Gasteiger partial charge < -0.3 is 17.0 Å². The number of hydrogen-bond donors (Lipinski definition) is 1. The van der Waals surface area contributed by atoms with E-state index < -0.39 is 0 Å². The Kier molecular flexibility index (Phi) is 6.77. The molecule has 0 spiro atoms. The molecule has 136 valence electrons. The Balaban J connectivity index is 0.00000104. The Morgan fingerprint density at radius 3 is 2.58 bits per heavy atom. The molecule has 3 heterocycles. The number of quaternary nitrogens is 1. The normalized spacial score (nSPS) is 35.4. The van der Waals surface area contributed by atoms with Crippen molar-refractivity contribution >= 4 is 12.4 Å². The fourth-order valence-corrected chi connectivity index (χ4v) is 5.34. The summed E-state index contributed by atoms with van der Waals surface area (Å²) in [6, 6.07) is 2.06. The maximum Gasteiger partial charge on any atom is 0.135 e. The number of hydrogen-bond acceptors (Lipinski definition) is 2. The van der Waals surface area contributed by atoms with Gasteiger partial charge in [-0.15, -0.1) is 12.4 Å². The minimum atomic E-state index is 0. The molecule has 4 rings (SSSR count). The van der Waals surface area contributed by atoms with E-state index in [1.54, 1.807) is 21.7 Å². The molecule has 1 N–H and O–H groups in total. The standard InChI is InChI=1S/C19H29N3.BrH.ClH/c1-4-20-10-11-21(5-2)19-17-12-15-8-6-7-9-16(15)22(17)13-14(3)18(19)20;;/h7,9,13,17-19H,4-6,8,10-12H2,1-3H3;2*1H/t17-,18?,19?;;/m0../s1. The van der Waals surface area contributed by atoms with Crippen molar-refractivity contribution in [2.45, 2.75) is 58.2 Å². The lowest BCUT2D eigenvalue weighted by molar-refractivity contribution is -0.831. The highest BCUT2D eigenvalue weighted by molar-refractivity contribution is 5.85. The van der Waals surface area contributed by atoms with E-state index in [0.29, 0.717) is 12.1 Å². The van der Waals surface area contributed by atoms with Gasteiger partial charge in [0.1, 0.15) is 17.9 Å². The summed E-state index contributed by atoms with van der Waals surface area (Å²) in [4.78, 5) is 7.13. The lowest BCUT2D eigenvalue weighted by Crippen LogP contribution is -3.12. The van der Waals surface area contributed by atoms with E-state index in [1.807, 2.05) is 0 Å². The van der Waals surface area contributed by atoms with Gasteiger partial charge in [-0.2, -0.15) is 0 Å². The lowest BCUT2D eigenvalue weighted by atomic mass is 9.84. The molecule has 5 heteroatoms. The highest BCUT2D eigenvalue weighted by atomic mass is 79.9. The fraction of sp³-hybridized carbons (Fsp3) is 0.684. The molecule has 0 saturated carbocycles. The van der Waals surface area contributed by atoms with Crippen LogP contribution in [-0.4, -0.2) is 54.1 Å². The summed E-state index contributed by atoms with van der Waals surface area (Å²) in [7, 11) is 0. The lowest BCUT2D eigenvalue weighted by Gasteiger charge is -2.51. The average molecular weight is 417 g/mol.